The first-order chi connectivity index (χ1) is 16.4. The molecule has 1 unspecified atom stereocenters. The zero-order chi connectivity index (χ0) is 24.1. The van der Waals surface area contributed by atoms with Crippen molar-refractivity contribution in [1.29, 1.82) is 0 Å². The Morgan fingerprint density at radius 3 is 2.68 bits per heavy atom. The molecule has 0 radical (unpaired) electrons. The molecular formula is C22H31N5O6S. The second-order valence-electron chi connectivity index (χ2n) is 8.34. The summed E-state index contributed by atoms with van der Waals surface area (Å²) in [5, 5.41) is 8.13. The fourth-order valence-electron chi connectivity index (χ4n) is 4.41. The molecule has 2 aliphatic rings. The van der Waals surface area contributed by atoms with Gasteiger partial charge in [-0.1, -0.05) is 11.6 Å². The number of rotatable bonds is 8. The molecule has 0 saturated carbocycles. The number of ether oxygens (including phenoxy) is 3. The van der Waals surface area contributed by atoms with Gasteiger partial charge in [0.25, 0.3) is 5.91 Å². The Labute approximate surface area is 199 Å². The number of carbonyl (C=O) groups excluding carboxylic acids is 1. The monoisotopic (exact) mass is 493 g/mol. The van der Waals surface area contributed by atoms with E-state index in [0.717, 1.165) is 19.3 Å². The van der Waals surface area contributed by atoms with Crippen LogP contribution < -0.4 is 9.47 Å². The molecule has 0 N–H and O–H groups in total. The molecule has 3 heterocycles. The number of amides is 1. The Morgan fingerprint density at radius 2 is 1.94 bits per heavy atom. The lowest BCUT2D eigenvalue weighted by Crippen LogP contribution is -2.44. The number of methoxy groups -OCH3 is 2. The van der Waals surface area contributed by atoms with Crippen molar-refractivity contribution in [2.24, 2.45) is 0 Å². The van der Waals surface area contributed by atoms with Crippen molar-refractivity contribution in [1.82, 2.24) is 24.2 Å². The van der Waals surface area contributed by atoms with Gasteiger partial charge in [-0.3, -0.25) is 9.48 Å². The van der Waals surface area contributed by atoms with E-state index >= 15 is 0 Å². The molecule has 0 spiro atoms. The van der Waals surface area contributed by atoms with Crippen LogP contribution in [0.2, 0.25) is 0 Å². The minimum absolute atomic E-state index is 0.0976. The lowest BCUT2D eigenvalue weighted by atomic mass is 10.0. The van der Waals surface area contributed by atoms with Crippen molar-refractivity contribution < 1.29 is 27.4 Å². The summed E-state index contributed by atoms with van der Waals surface area (Å²) in [6.45, 7) is 3.00. The van der Waals surface area contributed by atoms with Gasteiger partial charge in [-0.05, 0) is 31.4 Å². The number of carbonyl (C=O) groups is 1. The largest absolute Gasteiger partial charge is 0.497 e. The highest BCUT2D eigenvalue weighted by Gasteiger charge is 2.35. The molecule has 2 aromatic rings. The molecule has 0 bridgehead atoms. The third kappa shape index (κ3) is 5.18. The number of aryl methyl sites for hydroxylation is 1. The van der Waals surface area contributed by atoms with E-state index in [1.807, 2.05) is 0 Å². The SMILES string of the molecule is COc1ccc(OC)c(S(=O)(=O)N2CCCCC2CCn2cc(C(=O)N3CCOCC3)nn2)c1. The summed E-state index contributed by atoms with van der Waals surface area (Å²) >= 11 is 0. The molecule has 1 aromatic carbocycles. The third-order valence-corrected chi connectivity index (χ3v) is 8.25. The van der Waals surface area contributed by atoms with Gasteiger partial charge in [-0.2, -0.15) is 4.31 Å². The van der Waals surface area contributed by atoms with Crippen molar-refractivity contribution in [2.45, 2.75) is 43.2 Å². The second kappa shape index (κ2) is 10.7. The molecule has 1 atom stereocenters. The Morgan fingerprint density at radius 1 is 1.15 bits per heavy atom. The Bertz CT molecular complexity index is 1100. The van der Waals surface area contributed by atoms with Crippen LogP contribution in [0, 0.1) is 0 Å². The van der Waals surface area contributed by atoms with Crippen molar-refractivity contribution in [3.8, 4) is 11.5 Å². The minimum Gasteiger partial charge on any atom is -0.497 e. The summed E-state index contributed by atoms with van der Waals surface area (Å²) < 4.78 is 46.3. The summed E-state index contributed by atoms with van der Waals surface area (Å²) in [4.78, 5) is 14.4. The number of morpholine rings is 1. The third-order valence-electron chi connectivity index (χ3n) is 6.28. The molecule has 2 fully saturated rings. The lowest BCUT2D eigenvalue weighted by Gasteiger charge is -2.35. The topological polar surface area (TPSA) is 116 Å². The molecule has 2 saturated heterocycles. The molecule has 4 rings (SSSR count). The van der Waals surface area contributed by atoms with E-state index in [1.54, 1.807) is 32.2 Å². The van der Waals surface area contributed by atoms with Gasteiger partial charge in [0.15, 0.2) is 5.69 Å². The van der Waals surface area contributed by atoms with Gasteiger partial charge in [0.05, 0.1) is 33.6 Å². The quantitative estimate of drug-likeness (QED) is 0.542. The summed E-state index contributed by atoms with van der Waals surface area (Å²) in [7, 11) is -0.852. The van der Waals surface area contributed by atoms with E-state index in [2.05, 4.69) is 10.3 Å². The number of benzene rings is 1. The Kier molecular flexibility index (Phi) is 7.69. The average Bonchev–Trinajstić information content (AvgIpc) is 3.36. The highest BCUT2D eigenvalue weighted by molar-refractivity contribution is 7.89. The molecule has 34 heavy (non-hydrogen) atoms. The molecule has 11 nitrogen and oxygen atoms in total. The molecule has 2 aliphatic heterocycles. The maximum atomic E-state index is 13.6. The van der Waals surface area contributed by atoms with Crippen LogP contribution in [0.15, 0.2) is 29.3 Å². The van der Waals surface area contributed by atoms with Crippen LogP contribution in [0.3, 0.4) is 0 Å². The smallest absolute Gasteiger partial charge is 0.276 e. The zero-order valence-corrected chi connectivity index (χ0v) is 20.4. The van der Waals surface area contributed by atoms with E-state index in [1.165, 1.54) is 20.3 Å². The first-order valence-corrected chi connectivity index (χ1v) is 12.9. The minimum atomic E-state index is -3.80. The van der Waals surface area contributed by atoms with Crippen molar-refractivity contribution in [3.05, 3.63) is 30.1 Å². The van der Waals surface area contributed by atoms with Crippen LogP contribution in [0.1, 0.15) is 36.2 Å². The first-order valence-electron chi connectivity index (χ1n) is 11.4. The number of sulfonamides is 1. The van der Waals surface area contributed by atoms with Crippen LogP contribution in [-0.2, 0) is 21.3 Å². The summed E-state index contributed by atoms with van der Waals surface area (Å²) in [5.74, 6) is 0.572. The van der Waals surface area contributed by atoms with Crippen LogP contribution in [0.5, 0.6) is 11.5 Å². The van der Waals surface area contributed by atoms with Gasteiger partial charge in [0, 0.05) is 38.3 Å². The zero-order valence-electron chi connectivity index (χ0n) is 19.6. The summed E-state index contributed by atoms with van der Waals surface area (Å²) in [5.41, 5.74) is 0.288. The van der Waals surface area contributed by atoms with E-state index in [-0.39, 0.29) is 28.3 Å². The average molecular weight is 494 g/mol. The fraction of sp³-hybridized carbons (Fsp3) is 0.591. The van der Waals surface area contributed by atoms with Crippen LogP contribution in [-0.4, -0.2) is 91.6 Å². The highest BCUT2D eigenvalue weighted by Crippen LogP contribution is 2.34. The van der Waals surface area contributed by atoms with Gasteiger partial charge >= 0.3 is 0 Å². The van der Waals surface area contributed by atoms with Gasteiger partial charge in [0.2, 0.25) is 10.0 Å². The number of hydrogen-bond donors (Lipinski definition) is 0. The normalized spacial score (nSPS) is 19.7. The van der Waals surface area contributed by atoms with E-state index < -0.39 is 10.0 Å². The highest BCUT2D eigenvalue weighted by atomic mass is 32.2. The van der Waals surface area contributed by atoms with Crippen LogP contribution >= 0.6 is 0 Å². The Balaban J connectivity index is 1.47. The Hall–Kier alpha value is -2.70. The van der Waals surface area contributed by atoms with Gasteiger partial charge in [0.1, 0.15) is 16.4 Å². The molecule has 1 aromatic heterocycles. The predicted molar refractivity (Wildman–Crippen MR) is 122 cm³/mol. The number of piperidine rings is 1. The van der Waals surface area contributed by atoms with Gasteiger partial charge < -0.3 is 19.1 Å². The molecular weight excluding hydrogens is 462 g/mol. The molecule has 0 aliphatic carbocycles. The van der Waals surface area contributed by atoms with Gasteiger partial charge in [-0.25, -0.2) is 8.42 Å². The number of hydrogen-bond acceptors (Lipinski definition) is 8. The first kappa shape index (κ1) is 24.4. The maximum absolute atomic E-state index is 13.6. The van der Waals surface area contributed by atoms with E-state index in [9.17, 15) is 13.2 Å². The van der Waals surface area contributed by atoms with Crippen LogP contribution in [0.25, 0.3) is 0 Å². The number of nitrogens with zero attached hydrogens (tertiary/aromatic N) is 5. The van der Waals surface area contributed by atoms with Gasteiger partial charge in [-0.15, -0.1) is 5.10 Å². The standard InChI is InChI=1S/C22H31N5O6S/c1-31-18-6-7-20(32-2)21(15-18)34(29,30)27-9-4-3-5-17(27)8-10-26-16-19(23-24-26)22(28)25-11-13-33-14-12-25/h6-7,15-17H,3-5,8-14H2,1-2H3. The predicted octanol–water partition coefficient (Wildman–Crippen LogP) is 1.40. The molecule has 1 amide bonds. The van der Waals surface area contributed by atoms with Crippen LogP contribution in [0.4, 0.5) is 0 Å². The molecule has 12 heteroatoms. The summed E-state index contributed by atoms with van der Waals surface area (Å²) in [6, 6.07) is 4.58. The van der Waals surface area contributed by atoms with Crippen molar-refractivity contribution in [3.63, 3.8) is 0 Å². The second-order valence-corrected chi connectivity index (χ2v) is 10.2. The van der Waals surface area contributed by atoms with E-state index in [0.29, 0.717) is 51.6 Å². The molecule has 186 valence electrons. The lowest BCUT2D eigenvalue weighted by molar-refractivity contribution is 0.0299. The fourth-order valence-corrected chi connectivity index (χ4v) is 6.30. The number of aromatic nitrogens is 3. The van der Waals surface area contributed by atoms with Crippen molar-refractivity contribution >= 4 is 15.9 Å². The summed E-state index contributed by atoms with van der Waals surface area (Å²) in [6.07, 6.45) is 4.68. The maximum Gasteiger partial charge on any atom is 0.276 e. The van der Waals surface area contributed by atoms with Crippen molar-refractivity contribution in [2.75, 3.05) is 47.1 Å². The van der Waals surface area contributed by atoms with E-state index in [4.69, 9.17) is 14.2 Å².